The van der Waals surface area contributed by atoms with E-state index in [9.17, 15) is 14.4 Å². The zero-order valence-electron chi connectivity index (χ0n) is 18.0. The number of hydrogen-bond donors (Lipinski definition) is 1. The highest BCUT2D eigenvalue weighted by Gasteiger charge is 2.30. The zero-order valence-corrected chi connectivity index (χ0v) is 18.0. The monoisotopic (exact) mass is 415 g/mol. The molecule has 9 nitrogen and oxygen atoms in total. The fraction of sp³-hybridized carbons (Fsp3) is 0.571. The number of aromatic nitrogens is 2. The van der Waals surface area contributed by atoms with Gasteiger partial charge in [0.05, 0.1) is 17.8 Å². The summed E-state index contributed by atoms with van der Waals surface area (Å²) < 4.78 is 5.27. The number of amides is 2. The highest BCUT2D eigenvalue weighted by molar-refractivity contribution is 6.16. The fourth-order valence-electron chi connectivity index (χ4n) is 3.46. The molecule has 2 aliphatic heterocycles. The van der Waals surface area contributed by atoms with Gasteiger partial charge in [0.2, 0.25) is 11.9 Å². The third-order valence-electron chi connectivity index (χ3n) is 5.11. The highest BCUT2D eigenvalue weighted by Crippen LogP contribution is 2.22. The van der Waals surface area contributed by atoms with Gasteiger partial charge in [0.1, 0.15) is 5.60 Å². The third-order valence-corrected chi connectivity index (χ3v) is 5.11. The van der Waals surface area contributed by atoms with Gasteiger partial charge in [0, 0.05) is 32.9 Å². The first-order chi connectivity index (χ1) is 14.1. The molecule has 0 bridgehead atoms. The van der Waals surface area contributed by atoms with Gasteiger partial charge in [-0.2, -0.15) is 0 Å². The van der Waals surface area contributed by atoms with E-state index < -0.39 is 5.60 Å². The van der Waals surface area contributed by atoms with Gasteiger partial charge in [0.15, 0.2) is 5.78 Å². The second kappa shape index (κ2) is 8.81. The van der Waals surface area contributed by atoms with Crippen LogP contribution in [0.4, 0.5) is 10.7 Å². The van der Waals surface area contributed by atoms with E-state index in [1.165, 1.54) is 4.90 Å². The first-order valence-electron chi connectivity index (χ1n) is 10.2. The van der Waals surface area contributed by atoms with Crippen LogP contribution in [-0.2, 0) is 14.3 Å². The highest BCUT2D eigenvalue weighted by atomic mass is 16.6. The van der Waals surface area contributed by atoms with Crippen LogP contribution >= 0.6 is 0 Å². The van der Waals surface area contributed by atoms with E-state index in [1.54, 1.807) is 25.4 Å². The van der Waals surface area contributed by atoms with Crippen molar-refractivity contribution in [2.45, 2.75) is 45.6 Å². The van der Waals surface area contributed by atoms with Crippen molar-refractivity contribution in [1.29, 1.82) is 0 Å². The number of anilines is 1. The van der Waals surface area contributed by atoms with E-state index in [0.29, 0.717) is 29.8 Å². The minimum absolute atomic E-state index is 0.0921. The molecular formula is C21H29N5O4. The molecule has 0 spiro atoms. The van der Waals surface area contributed by atoms with Crippen molar-refractivity contribution < 1.29 is 19.1 Å². The maximum atomic E-state index is 12.0. The Kier molecular flexibility index (Phi) is 6.38. The molecule has 2 saturated heterocycles. The van der Waals surface area contributed by atoms with Crippen molar-refractivity contribution in [2.24, 2.45) is 5.92 Å². The summed E-state index contributed by atoms with van der Waals surface area (Å²) in [4.78, 5) is 47.9. The number of nitrogens with one attached hydrogen (secondary N) is 1. The Morgan fingerprint density at radius 3 is 2.60 bits per heavy atom. The van der Waals surface area contributed by atoms with Crippen molar-refractivity contribution in [3.05, 3.63) is 23.7 Å². The zero-order chi connectivity index (χ0) is 21.9. The largest absolute Gasteiger partial charge is 0.444 e. The van der Waals surface area contributed by atoms with Crippen molar-refractivity contribution >= 4 is 29.8 Å². The number of Topliss-reactive ketones (excluding diaryl/α,β-unsaturated/α-hetero) is 1. The fourth-order valence-corrected chi connectivity index (χ4v) is 3.46. The molecule has 0 atom stereocenters. The molecule has 2 aliphatic rings. The number of ketones is 1. The number of hydrogen-bond acceptors (Lipinski definition) is 7. The molecule has 0 radical (unpaired) electrons. The summed E-state index contributed by atoms with van der Waals surface area (Å²) in [5.74, 6) is 0.570. The van der Waals surface area contributed by atoms with Crippen LogP contribution in [0.5, 0.6) is 0 Å². The molecule has 2 amide bonds. The molecule has 3 rings (SSSR count). The molecule has 0 aliphatic carbocycles. The Bertz CT molecular complexity index is 853. The maximum Gasteiger partial charge on any atom is 0.407 e. The molecule has 0 saturated carbocycles. The number of carbonyl (C=O) groups excluding carboxylic acids is 3. The summed E-state index contributed by atoms with van der Waals surface area (Å²) in [6, 6.07) is 1.72. The lowest BCUT2D eigenvalue weighted by molar-refractivity contribution is -0.126. The summed E-state index contributed by atoms with van der Waals surface area (Å²) in [7, 11) is 1.59. The molecule has 9 heteroatoms. The van der Waals surface area contributed by atoms with E-state index in [4.69, 9.17) is 4.74 Å². The summed E-state index contributed by atoms with van der Waals surface area (Å²) in [6.45, 7) is 7.66. The lowest BCUT2D eigenvalue weighted by atomic mass is 9.97. The molecular weight excluding hydrogens is 386 g/mol. The lowest BCUT2D eigenvalue weighted by Gasteiger charge is -2.32. The van der Waals surface area contributed by atoms with Gasteiger partial charge in [-0.25, -0.2) is 14.8 Å². The van der Waals surface area contributed by atoms with E-state index in [0.717, 1.165) is 25.9 Å². The maximum absolute atomic E-state index is 12.0. The number of likely N-dealkylation sites (N-methyl/N-ethyl adjacent to an activating group) is 1. The Morgan fingerprint density at radius 1 is 1.30 bits per heavy atom. The van der Waals surface area contributed by atoms with Crippen LogP contribution in [0.25, 0.3) is 6.08 Å². The smallest absolute Gasteiger partial charge is 0.407 e. The van der Waals surface area contributed by atoms with Gasteiger partial charge in [-0.3, -0.25) is 9.59 Å². The van der Waals surface area contributed by atoms with Gasteiger partial charge in [-0.05, 0) is 51.7 Å². The molecule has 0 unspecified atom stereocenters. The van der Waals surface area contributed by atoms with E-state index in [2.05, 4.69) is 20.2 Å². The average molecular weight is 415 g/mol. The number of piperidine rings is 1. The van der Waals surface area contributed by atoms with Crippen molar-refractivity contribution in [3.8, 4) is 0 Å². The average Bonchev–Trinajstić information content (AvgIpc) is 2.92. The van der Waals surface area contributed by atoms with Crippen LogP contribution in [0.15, 0.2) is 18.0 Å². The molecule has 1 aromatic heterocycles. The molecule has 2 fully saturated rings. The predicted octanol–water partition coefficient (Wildman–Crippen LogP) is 1.99. The Morgan fingerprint density at radius 2 is 2.00 bits per heavy atom. The van der Waals surface area contributed by atoms with Gasteiger partial charge in [-0.15, -0.1) is 0 Å². The van der Waals surface area contributed by atoms with Crippen LogP contribution in [0, 0.1) is 5.92 Å². The van der Waals surface area contributed by atoms with Crippen LogP contribution in [-0.4, -0.2) is 64.9 Å². The lowest BCUT2D eigenvalue weighted by Crippen LogP contribution is -2.40. The van der Waals surface area contributed by atoms with Gasteiger partial charge >= 0.3 is 6.09 Å². The molecule has 1 N–H and O–H groups in total. The Labute approximate surface area is 176 Å². The molecule has 1 aromatic rings. The number of rotatable bonds is 4. The molecule has 3 heterocycles. The normalized spacial score (nSPS) is 19.5. The van der Waals surface area contributed by atoms with Crippen molar-refractivity contribution in [2.75, 3.05) is 31.6 Å². The van der Waals surface area contributed by atoms with Crippen LogP contribution in [0.1, 0.15) is 45.7 Å². The SMILES string of the molecule is CN1C(=O)CC(=O)/C1=C/c1ccnc(N2CCC(CNC(=O)OC(C)(C)C)CC2)n1. The molecule has 162 valence electrons. The minimum Gasteiger partial charge on any atom is -0.444 e. The summed E-state index contributed by atoms with van der Waals surface area (Å²) in [5, 5.41) is 2.84. The van der Waals surface area contributed by atoms with Crippen molar-refractivity contribution in [1.82, 2.24) is 20.2 Å². The number of nitrogens with zero attached hydrogens (tertiary/aromatic N) is 4. The Balaban J connectivity index is 1.55. The second-order valence-corrected chi connectivity index (χ2v) is 8.68. The molecule has 30 heavy (non-hydrogen) atoms. The molecule has 0 aromatic carbocycles. The topological polar surface area (TPSA) is 105 Å². The predicted molar refractivity (Wildman–Crippen MR) is 112 cm³/mol. The number of alkyl carbamates (subject to hydrolysis) is 1. The third kappa shape index (κ3) is 5.55. The van der Waals surface area contributed by atoms with E-state index >= 15 is 0 Å². The van der Waals surface area contributed by atoms with Gasteiger partial charge in [0.25, 0.3) is 0 Å². The minimum atomic E-state index is -0.504. The quantitative estimate of drug-likeness (QED) is 0.592. The summed E-state index contributed by atoms with van der Waals surface area (Å²) >= 11 is 0. The standard InChI is InChI=1S/C21H29N5O4/c1-21(2,3)30-20(29)23-13-14-6-9-26(10-7-14)19-22-8-5-15(24-19)11-16-17(27)12-18(28)25(16)4/h5,8,11,14H,6-7,9-10,12-13H2,1-4H3,(H,23,29)/b16-11-. The first kappa shape index (κ1) is 21.7. The Hall–Kier alpha value is -2.97. The number of likely N-dealkylation sites (tertiary alicyclic amines) is 1. The van der Waals surface area contributed by atoms with Crippen LogP contribution in [0.2, 0.25) is 0 Å². The second-order valence-electron chi connectivity index (χ2n) is 8.68. The summed E-state index contributed by atoms with van der Waals surface area (Å²) in [5.41, 5.74) is 0.450. The first-order valence-corrected chi connectivity index (χ1v) is 10.2. The van der Waals surface area contributed by atoms with Gasteiger partial charge < -0.3 is 19.9 Å². The van der Waals surface area contributed by atoms with Gasteiger partial charge in [-0.1, -0.05) is 0 Å². The number of allylic oxidation sites excluding steroid dienone is 1. The van der Waals surface area contributed by atoms with E-state index in [1.807, 2.05) is 20.8 Å². The van der Waals surface area contributed by atoms with Crippen LogP contribution < -0.4 is 10.2 Å². The van der Waals surface area contributed by atoms with Crippen molar-refractivity contribution in [3.63, 3.8) is 0 Å². The van der Waals surface area contributed by atoms with Crippen LogP contribution in [0.3, 0.4) is 0 Å². The summed E-state index contributed by atoms with van der Waals surface area (Å²) in [6.07, 6.45) is 4.62. The number of carbonyl (C=O) groups is 3. The van der Waals surface area contributed by atoms with E-state index in [-0.39, 0.29) is 24.2 Å². The number of ether oxygens (including phenoxy) is 1.